The molecule has 0 bridgehead atoms. The Hall–Kier alpha value is -0.840. The van der Waals surface area contributed by atoms with E-state index in [0.717, 1.165) is 0 Å². The first kappa shape index (κ1) is 17.2. The molecule has 0 aliphatic carbocycles. The normalized spacial score (nSPS) is 14.8. The fourth-order valence-electron chi connectivity index (χ4n) is 1.98. The van der Waals surface area contributed by atoms with Gasteiger partial charge in [-0.15, -0.1) is 0 Å². The van der Waals surface area contributed by atoms with Crippen LogP contribution in [-0.4, -0.2) is 18.6 Å². The van der Waals surface area contributed by atoms with Gasteiger partial charge in [0.05, 0.1) is 18.6 Å². The Morgan fingerprint density at radius 1 is 1.30 bits per heavy atom. The van der Waals surface area contributed by atoms with Gasteiger partial charge in [0.15, 0.2) is 0 Å². The van der Waals surface area contributed by atoms with E-state index in [1.165, 1.54) is 19.2 Å². The molecule has 112 valence electrons. The average molecular weight is 322 g/mol. The molecule has 1 unspecified atom stereocenters. The SMILES string of the molecule is COC(=O)CC(C)(c1cc(F)c(Cl)cc1Cl)C(C)(C)N. The Labute approximate surface area is 128 Å². The fourth-order valence-corrected chi connectivity index (χ4v) is 2.57. The van der Waals surface area contributed by atoms with Crippen LogP contribution in [0, 0.1) is 5.82 Å². The highest BCUT2D eigenvalue weighted by atomic mass is 35.5. The largest absolute Gasteiger partial charge is 0.469 e. The lowest BCUT2D eigenvalue weighted by Crippen LogP contribution is -2.53. The van der Waals surface area contributed by atoms with Crippen LogP contribution < -0.4 is 5.73 Å². The second-order valence-corrected chi connectivity index (χ2v) is 6.37. The molecule has 0 heterocycles. The van der Waals surface area contributed by atoms with Crippen molar-refractivity contribution < 1.29 is 13.9 Å². The maximum atomic E-state index is 13.7. The zero-order valence-corrected chi connectivity index (χ0v) is 13.4. The zero-order chi connectivity index (χ0) is 15.7. The second-order valence-electron chi connectivity index (χ2n) is 5.55. The summed E-state index contributed by atoms with van der Waals surface area (Å²) in [6, 6.07) is 2.54. The molecule has 1 aromatic rings. The molecule has 3 nitrogen and oxygen atoms in total. The van der Waals surface area contributed by atoms with Gasteiger partial charge < -0.3 is 10.5 Å². The highest BCUT2D eigenvalue weighted by molar-refractivity contribution is 6.35. The summed E-state index contributed by atoms with van der Waals surface area (Å²) in [7, 11) is 1.29. The number of ether oxygens (including phenoxy) is 1. The maximum absolute atomic E-state index is 13.7. The Morgan fingerprint density at radius 2 is 1.85 bits per heavy atom. The predicted molar refractivity (Wildman–Crippen MR) is 78.7 cm³/mol. The number of hydrogen-bond donors (Lipinski definition) is 1. The van der Waals surface area contributed by atoms with Crippen LogP contribution in [-0.2, 0) is 14.9 Å². The van der Waals surface area contributed by atoms with E-state index in [-0.39, 0.29) is 16.5 Å². The zero-order valence-electron chi connectivity index (χ0n) is 11.9. The second kappa shape index (κ2) is 5.88. The maximum Gasteiger partial charge on any atom is 0.306 e. The number of halogens is 3. The molecule has 0 saturated carbocycles. The van der Waals surface area contributed by atoms with E-state index in [1.54, 1.807) is 20.8 Å². The van der Waals surface area contributed by atoms with Crippen molar-refractivity contribution in [1.82, 2.24) is 0 Å². The molecule has 0 amide bonds. The van der Waals surface area contributed by atoms with Crippen LogP contribution in [0.3, 0.4) is 0 Å². The third-order valence-corrected chi connectivity index (χ3v) is 4.35. The summed E-state index contributed by atoms with van der Waals surface area (Å²) >= 11 is 11.9. The number of methoxy groups -OCH3 is 1. The third-order valence-electron chi connectivity index (χ3n) is 3.75. The molecule has 20 heavy (non-hydrogen) atoms. The number of carbonyl (C=O) groups excluding carboxylic acids is 1. The Balaban J connectivity index is 3.46. The lowest BCUT2D eigenvalue weighted by molar-refractivity contribution is -0.142. The van der Waals surface area contributed by atoms with Crippen LogP contribution in [0.5, 0.6) is 0 Å². The first-order valence-electron chi connectivity index (χ1n) is 6.03. The summed E-state index contributed by atoms with van der Waals surface area (Å²) in [6.45, 7) is 5.25. The molecule has 0 aromatic heterocycles. The van der Waals surface area contributed by atoms with Crippen LogP contribution >= 0.6 is 23.2 Å². The Bertz CT molecular complexity index is 529. The topological polar surface area (TPSA) is 52.3 Å². The quantitative estimate of drug-likeness (QED) is 0.679. The smallest absolute Gasteiger partial charge is 0.306 e. The van der Waals surface area contributed by atoms with Crippen LogP contribution in [0.15, 0.2) is 12.1 Å². The summed E-state index contributed by atoms with van der Waals surface area (Å²) in [4.78, 5) is 11.7. The number of carbonyl (C=O) groups is 1. The van der Waals surface area contributed by atoms with Crippen molar-refractivity contribution in [2.75, 3.05) is 7.11 Å². The first-order chi connectivity index (χ1) is 9.02. The van der Waals surface area contributed by atoms with Gasteiger partial charge in [-0.1, -0.05) is 30.1 Å². The van der Waals surface area contributed by atoms with Crippen molar-refractivity contribution in [2.24, 2.45) is 5.73 Å². The van der Waals surface area contributed by atoms with Crippen molar-refractivity contribution in [3.8, 4) is 0 Å². The highest BCUT2D eigenvalue weighted by Crippen LogP contribution is 2.42. The molecule has 0 radical (unpaired) electrons. The molecule has 1 atom stereocenters. The molecule has 1 rings (SSSR count). The van der Waals surface area contributed by atoms with Crippen molar-refractivity contribution >= 4 is 29.2 Å². The molecule has 2 N–H and O–H groups in total. The van der Waals surface area contributed by atoms with Gasteiger partial charge in [-0.3, -0.25) is 4.79 Å². The van der Waals surface area contributed by atoms with Crippen LogP contribution in [0.2, 0.25) is 10.0 Å². The van der Waals surface area contributed by atoms with E-state index >= 15 is 0 Å². The molecular weight excluding hydrogens is 304 g/mol. The van der Waals surface area contributed by atoms with Gasteiger partial charge in [-0.2, -0.15) is 0 Å². The molecule has 6 heteroatoms. The minimum Gasteiger partial charge on any atom is -0.469 e. The van der Waals surface area contributed by atoms with Gasteiger partial charge in [0.1, 0.15) is 5.82 Å². The molecule has 0 fully saturated rings. The molecule has 0 saturated heterocycles. The van der Waals surface area contributed by atoms with Gasteiger partial charge in [0.25, 0.3) is 0 Å². The lowest BCUT2D eigenvalue weighted by atomic mass is 9.66. The lowest BCUT2D eigenvalue weighted by Gasteiger charge is -2.42. The summed E-state index contributed by atoms with van der Waals surface area (Å²) in [6.07, 6.45) is -0.0200. The van der Waals surface area contributed by atoms with E-state index in [9.17, 15) is 9.18 Å². The van der Waals surface area contributed by atoms with E-state index < -0.39 is 22.7 Å². The summed E-state index contributed by atoms with van der Waals surface area (Å²) in [5, 5.41) is 0.190. The monoisotopic (exact) mass is 321 g/mol. The fraction of sp³-hybridized carbons (Fsp3) is 0.500. The average Bonchev–Trinajstić information content (AvgIpc) is 2.31. The predicted octanol–water partition coefficient (Wildman–Crippen LogP) is 3.69. The van der Waals surface area contributed by atoms with Crippen LogP contribution in [0.4, 0.5) is 4.39 Å². The van der Waals surface area contributed by atoms with E-state index in [4.69, 9.17) is 33.7 Å². The summed E-state index contributed by atoms with van der Waals surface area (Å²) in [5.41, 5.74) is 4.89. The first-order valence-corrected chi connectivity index (χ1v) is 6.79. The van der Waals surface area contributed by atoms with Crippen molar-refractivity contribution in [2.45, 2.75) is 38.1 Å². The van der Waals surface area contributed by atoms with Crippen LogP contribution in [0.25, 0.3) is 0 Å². The van der Waals surface area contributed by atoms with E-state index in [0.29, 0.717) is 5.56 Å². The Kier molecular flexibility index (Phi) is 5.06. The van der Waals surface area contributed by atoms with Gasteiger partial charge in [-0.25, -0.2) is 4.39 Å². The van der Waals surface area contributed by atoms with Crippen molar-refractivity contribution in [3.05, 3.63) is 33.6 Å². The highest BCUT2D eigenvalue weighted by Gasteiger charge is 2.43. The summed E-state index contributed by atoms with van der Waals surface area (Å²) < 4.78 is 18.4. The number of hydrogen-bond acceptors (Lipinski definition) is 3. The van der Waals surface area contributed by atoms with Crippen molar-refractivity contribution in [1.29, 1.82) is 0 Å². The minimum atomic E-state index is -0.900. The number of nitrogens with two attached hydrogens (primary N) is 1. The third kappa shape index (κ3) is 3.25. The van der Waals surface area contributed by atoms with Gasteiger partial charge in [0, 0.05) is 16.0 Å². The van der Waals surface area contributed by atoms with Gasteiger partial charge >= 0.3 is 5.97 Å². The van der Waals surface area contributed by atoms with E-state index in [1.807, 2.05) is 0 Å². The summed E-state index contributed by atoms with van der Waals surface area (Å²) in [5.74, 6) is -1.05. The van der Waals surface area contributed by atoms with E-state index in [2.05, 4.69) is 0 Å². The number of benzene rings is 1. The van der Waals surface area contributed by atoms with Crippen molar-refractivity contribution in [3.63, 3.8) is 0 Å². The van der Waals surface area contributed by atoms with Crippen LogP contribution in [0.1, 0.15) is 32.8 Å². The minimum absolute atomic E-state index is 0.0200. The van der Waals surface area contributed by atoms with Gasteiger partial charge in [-0.05, 0) is 31.5 Å². The molecule has 0 aliphatic rings. The molecule has 1 aromatic carbocycles. The number of rotatable bonds is 4. The number of esters is 1. The molecular formula is C14H18Cl2FNO2. The standard InChI is InChI=1S/C14H18Cl2FNO2/c1-13(2,18)14(3,7-12(19)20-4)8-5-11(17)10(16)6-9(8)15/h5-6H,7,18H2,1-4H3. The molecule has 0 spiro atoms. The van der Waals surface area contributed by atoms with Gasteiger partial charge in [0.2, 0.25) is 0 Å². The Morgan fingerprint density at radius 3 is 2.30 bits per heavy atom. The molecule has 0 aliphatic heterocycles.